The molecule has 7 nitrogen and oxygen atoms in total. The Hall–Kier alpha value is -2.09. The summed E-state index contributed by atoms with van der Waals surface area (Å²) in [6.45, 7) is -0.360. The highest BCUT2D eigenvalue weighted by molar-refractivity contribution is 7.91. The van der Waals surface area contributed by atoms with Gasteiger partial charge >= 0.3 is 5.97 Å². The van der Waals surface area contributed by atoms with Crippen LogP contribution in [0.4, 0.5) is 5.69 Å². The van der Waals surface area contributed by atoms with Crippen molar-refractivity contribution in [3.05, 3.63) is 29.8 Å². The summed E-state index contributed by atoms with van der Waals surface area (Å²) in [5, 5.41) is 0. The summed E-state index contributed by atoms with van der Waals surface area (Å²) in [5.74, 6) is -0.743. The van der Waals surface area contributed by atoms with E-state index in [-0.39, 0.29) is 36.1 Å². The van der Waals surface area contributed by atoms with Crippen LogP contribution in [0.3, 0.4) is 0 Å². The van der Waals surface area contributed by atoms with Gasteiger partial charge in [0, 0.05) is 31.9 Å². The molecule has 1 amide bonds. The largest absolute Gasteiger partial charge is 0.452 e. The number of carbonyl (C=O) groups is 2. The second kappa shape index (κ2) is 7.26. The Bertz CT molecular complexity index is 784. The van der Waals surface area contributed by atoms with Gasteiger partial charge in [-0.2, -0.15) is 0 Å². The van der Waals surface area contributed by atoms with E-state index in [0.717, 1.165) is 18.5 Å². The smallest absolute Gasteiger partial charge is 0.338 e. The first-order valence-electron chi connectivity index (χ1n) is 8.73. The Morgan fingerprint density at radius 1 is 1.08 bits per heavy atom. The van der Waals surface area contributed by atoms with Crippen LogP contribution in [0.5, 0.6) is 0 Å². The molecule has 0 bridgehead atoms. The summed E-state index contributed by atoms with van der Waals surface area (Å²) in [4.78, 5) is 28.3. The van der Waals surface area contributed by atoms with Crippen LogP contribution in [0, 0.1) is 0 Å². The van der Waals surface area contributed by atoms with Gasteiger partial charge in [-0.3, -0.25) is 4.79 Å². The van der Waals surface area contributed by atoms with Crippen LogP contribution < -0.4 is 4.90 Å². The van der Waals surface area contributed by atoms with E-state index >= 15 is 0 Å². The third-order valence-electron chi connectivity index (χ3n) is 4.78. The molecule has 1 saturated heterocycles. The zero-order valence-corrected chi connectivity index (χ0v) is 15.9. The zero-order chi connectivity index (χ0) is 18.9. The number of nitrogens with zero attached hydrogens (tertiary/aromatic N) is 2. The Morgan fingerprint density at radius 3 is 2.23 bits per heavy atom. The highest BCUT2D eigenvalue weighted by Gasteiger charge is 2.42. The first-order valence-corrected chi connectivity index (χ1v) is 10.5. The van der Waals surface area contributed by atoms with Gasteiger partial charge in [0.25, 0.3) is 5.91 Å². The van der Waals surface area contributed by atoms with Crippen LogP contribution in [-0.2, 0) is 19.4 Å². The maximum absolute atomic E-state index is 12.5. The number of benzene rings is 1. The monoisotopic (exact) mass is 380 g/mol. The minimum Gasteiger partial charge on any atom is -0.452 e. The second-order valence-electron chi connectivity index (χ2n) is 7.11. The normalized spacial score (nSPS) is 21.2. The molecule has 8 heteroatoms. The zero-order valence-electron chi connectivity index (χ0n) is 15.1. The molecule has 2 aliphatic rings. The number of ether oxygens (including phenoxy) is 1. The van der Waals surface area contributed by atoms with Crippen molar-refractivity contribution in [3.8, 4) is 0 Å². The minimum absolute atomic E-state index is 0.00911. The predicted molar refractivity (Wildman–Crippen MR) is 98.0 cm³/mol. The minimum atomic E-state index is -3.07. The van der Waals surface area contributed by atoms with Gasteiger partial charge in [0.15, 0.2) is 16.4 Å². The van der Waals surface area contributed by atoms with E-state index < -0.39 is 15.8 Å². The number of hydrogen-bond acceptors (Lipinski definition) is 6. The van der Waals surface area contributed by atoms with Crippen molar-refractivity contribution < 1.29 is 22.7 Å². The van der Waals surface area contributed by atoms with Crippen LogP contribution in [0.15, 0.2) is 24.3 Å². The number of carbonyl (C=O) groups excluding carboxylic acids is 2. The van der Waals surface area contributed by atoms with Gasteiger partial charge in [0.2, 0.25) is 0 Å². The van der Waals surface area contributed by atoms with Crippen molar-refractivity contribution in [1.82, 2.24) is 4.90 Å². The summed E-state index contributed by atoms with van der Waals surface area (Å²) in [5.41, 5.74) is 1.34. The highest BCUT2D eigenvalue weighted by atomic mass is 32.2. The van der Waals surface area contributed by atoms with E-state index in [1.165, 1.54) is 0 Å². The maximum atomic E-state index is 12.5. The summed E-state index contributed by atoms with van der Waals surface area (Å²) in [6.07, 6.45) is 2.22. The second-order valence-corrected chi connectivity index (χ2v) is 9.34. The fourth-order valence-corrected chi connectivity index (χ4v) is 4.95. The average molecular weight is 380 g/mol. The average Bonchev–Trinajstić information content (AvgIpc) is 3.36. The van der Waals surface area contributed by atoms with Gasteiger partial charge in [-0.25, -0.2) is 13.2 Å². The molecule has 2 fully saturated rings. The third kappa shape index (κ3) is 4.35. The van der Waals surface area contributed by atoms with Crippen molar-refractivity contribution in [2.24, 2.45) is 0 Å². The van der Waals surface area contributed by atoms with E-state index in [0.29, 0.717) is 12.0 Å². The molecular weight excluding hydrogens is 356 g/mol. The molecule has 1 heterocycles. The quantitative estimate of drug-likeness (QED) is 0.687. The Morgan fingerprint density at radius 2 is 1.73 bits per heavy atom. The van der Waals surface area contributed by atoms with Crippen molar-refractivity contribution >= 4 is 27.4 Å². The number of esters is 1. The number of rotatable bonds is 6. The van der Waals surface area contributed by atoms with Crippen LogP contribution in [0.25, 0.3) is 0 Å². The number of anilines is 1. The number of hydrogen-bond donors (Lipinski definition) is 0. The molecule has 0 aromatic heterocycles. The van der Waals surface area contributed by atoms with Gasteiger partial charge in [0.1, 0.15) is 0 Å². The van der Waals surface area contributed by atoms with E-state index in [9.17, 15) is 18.0 Å². The molecule has 1 aromatic rings. The summed E-state index contributed by atoms with van der Waals surface area (Å²) < 4.78 is 28.6. The lowest BCUT2D eigenvalue weighted by Gasteiger charge is -2.28. The molecule has 1 aromatic carbocycles. The van der Waals surface area contributed by atoms with Gasteiger partial charge in [0.05, 0.1) is 17.1 Å². The van der Waals surface area contributed by atoms with Gasteiger partial charge in [-0.15, -0.1) is 0 Å². The van der Waals surface area contributed by atoms with Crippen LogP contribution in [0.2, 0.25) is 0 Å². The van der Waals surface area contributed by atoms with Crippen molar-refractivity contribution in [3.63, 3.8) is 0 Å². The SMILES string of the molecule is CN(C)c1ccc(C(=O)OCC(=O)N(C2CC2)[C@@H]2CCS(=O)(=O)C2)cc1. The molecule has 1 saturated carbocycles. The Balaban J connectivity index is 1.59. The van der Waals surface area contributed by atoms with E-state index in [1.807, 2.05) is 19.0 Å². The molecule has 0 radical (unpaired) electrons. The Kier molecular flexibility index (Phi) is 5.22. The summed E-state index contributed by atoms with van der Waals surface area (Å²) in [7, 11) is 0.738. The van der Waals surface area contributed by atoms with E-state index in [4.69, 9.17) is 4.74 Å². The molecule has 26 heavy (non-hydrogen) atoms. The lowest BCUT2D eigenvalue weighted by Crippen LogP contribution is -2.44. The molecule has 1 atom stereocenters. The van der Waals surface area contributed by atoms with Crippen molar-refractivity contribution in [2.75, 3.05) is 37.1 Å². The standard InChI is InChI=1S/C18H24N2O5S/c1-19(2)14-5-3-13(4-6-14)18(22)25-11-17(21)20(15-7-8-15)16-9-10-26(23,24)12-16/h3-6,15-16H,7-12H2,1-2H3/t16-/m1/s1. The van der Waals surface area contributed by atoms with Gasteiger partial charge < -0.3 is 14.5 Å². The number of sulfone groups is 1. The Labute approximate surface area is 153 Å². The predicted octanol–water partition coefficient (Wildman–Crippen LogP) is 1.09. The molecule has 0 unspecified atom stereocenters. The lowest BCUT2D eigenvalue weighted by atomic mass is 10.2. The van der Waals surface area contributed by atoms with Crippen molar-refractivity contribution in [2.45, 2.75) is 31.3 Å². The molecule has 1 aliphatic heterocycles. The lowest BCUT2D eigenvalue weighted by molar-refractivity contribution is -0.137. The molecule has 142 valence electrons. The summed E-state index contributed by atoms with van der Waals surface area (Å²) in [6, 6.07) is 6.71. The van der Waals surface area contributed by atoms with E-state index in [1.54, 1.807) is 29.2 Å². The molecule has 0 spiro atoms. The number of amides is 1. The fourth-order valence-electron chi connectivity index (χ4n) is 3.23. The molecular formula is C18H24N2O5S. The molecule has 1 aliphatic carbocycles. The first kappa shape index (κ1) is 18.7. The van der Waals surface area contributed by atoms with Gasteiger partial charge in [-0.05, 0) is 43.5 Å². The highest BCUT2D eigenvalue weighted by Crippen LogP contribution is 2.32. The fraction of sp³-hybridized carbons (Fsp3) is 0.556. The van der Waals surface area contributed by atoms with Gasteiger partial charge in [-0.1, -0.05) is 0 Å². The first-order chi connectivity index (χ1) is 12.3. The maximum Gasteiger partial charge on any atom is 0.338 e. The third-order valence-corrected chi connectivity index (χ3v) is 6.53. The van der Waals surface area contributed by atoms with Crippen LogP contribution >= 0.6 is 0 Å². The van der Waals surface area contributed by atoms with Crippen LogP contribution in [0.1, 0.15) is 29.6 Å². The van der Waals surface area contributed by atoms with Crippen molar-refractivity contribution in [1.29, 1.82) is 0 Å². The topological polar surface area (TPSA) is 84.0 Å². The van der Waals surface area contributed by atoms with E-state index in [2.05, 4.69) is 0 Å². The molecule has 3 rings (SSSR count). The van der Waals surface area contributed by atoms with Crippen LogP contribution in [-0.4, -0.2) is 69.5 Å². The summed E-state index contributed by atoms with van der Waals surface area (Å²) >= 11 is 0. The molecule has 0 N–H and O–H groups in total.